The summed E-state index contributed by atoms with van der Waals surface area (Å²) in [7, 11) is 0. The third-order valence-electron chi connectivity index (χ3n) is 0.993. The predicted octanol–water partition coefficient (Wildman–Crippen LogP) is 1.89. The molecule has 1 aromatic rings. The molecule has 0 saturated heterocycles. The zero-order valence-corrected chi connectivity index (χ0v) is 6.71. The van der Waals surface area contributed by atoms with Gasteiger partial charge >= 0.3 is 0 Å². The van der Waals surface area contributed by atoms with Gasteiger partial charge in [-0.15, -0.1) is 0 Å². The summed E-state index contributed by atoms with van der Waals surface area (Å²) in [6.45, 7) is 0. The standard InChI is InChI=1S/C5H2BrFN2O2/c6-5-4(7)1-3(2-8-5)9(10)11/h1-2H. The van der Waals surface area contributed by atoms with Gasteiger partial charge in [-0.25, -0.2) is 9.37 Å². The Kier molecular flexibility index (Phi) is 2.13. The highest BCUT2D eigenvalue weighted by atomic mass is 79.9. The maximum atomic E-state index is 12.5. The van der Waals surface area contributed by atoms with Crippen LogP contribution in [0.25, 0.3) is 0 Å². The van der Waals surface area contributed by atoms with Gasteiger partial charge in [0.1, 0.15) is 10.8 Å². The second kappa shape index (κ2) is 2.91. The van der Waals surface area contributed by atoms with Crippen molar-refractivity contribution in [2.75, 3.05) is 0 Å². The van der Waals surface area contributed by atoms with Gasteiger partial charge in [0.25, 0.3) is 5.69 Å². The molecule has 4 nitrogen and oxygen atoms in total. The number of pyridine rings is 1. The summed E-state index contributed by atoms with van der Waals surface area (Å²) in [6, 6.07) is 0.803. The molecule has 0 aromatic carbocycles. The molecule has 0 aliphatic carbocycles. The van der Waals surface area contributed by atoms with E-state index in [1.807, 2.05) is 0 Å². The number of hydrogen-bond acceptors (Lipinski definition) is 3. The van der Waals surface area contributed by atoms with Crippen molar-refractivity contribution in [3.63, 3.8) is 0 Å². The molecule has 0 unspecified atom stereocenters. The van der Waals surface area contributed by atoms with E-state index in [1.165, 1.54) is 0 Å². The highest BCUT2D eigenvalue weighted by molar-refractivity contribution is 9.10. The average molecular weight is 221 g/mol. The maximum absolute atomic E-state index is 12.5. The van der Waals surface area contributed by atoms with Crippen molar-refractivity contribution < 1.29 is 9.31 Å². The molecule has 0 N–H and O–H groups in total. The van der Waals surface area contributed by atoms with Crippen LogP contribution in [0.3, 0.4) is 0 Å². The van der Waals surface area contributed by atoms with Crippen LogP contribution in [-0.4, -0.2) is 9.91 Å². The first kappa shape index (κ1) is 8.06. The van der Waals surface area contributed by atoms with E-state index in [0.717, 1.165) is 12.3 Å². The summed E-state index contributed by atoms with van der Waals surface area (Å²) < 4.78 is 12.5. The van der Waals surface area contributed by atoms with Crippen molar-refractivity contribution in [2.24, 2.45) is 0 Å². The fourth-order valence-corrected chi connectivity index (χ4v) is 0.728. The summed E-state index contributed by atoms with van der Waals surface area (Å²) >= 11 is 2.77. The van der Waals surface area contributed by atoms with E-state index >= 15 is 0 Å². The molecule has 0 atom stereocenters. The maximum Gasteiger partial charge on any atom is 0.290 e. The Bertz CT molecular complexity index is 305. The Hall–Kier alpha value is -1.04. The van der Waals surface area contributed by atoms with Gasteiger partial charge in [-0.05, 0) is 15.9 Å². The smallest absolute Gasteiger partial charge is 0.258 e. The van der Waals surface area contributed by atoms with Gasteiger partial charge in [-0.2, -0.15) is 0 Å². The second-order valence-corrected chi connectivity index (χ2v) is 2.47. The summed E-state index contributed by atoms with van der Waals surface area (Å²) in [5.74, 6) is -0.737. The second-order valence-electron chi connectivity index (χ2n) is 1.72. The van der Waals surface area contributed by atoms with Crippen LogP contribution >= 0.6 is 15.9 Å². The Balaban J connectivity index is 3.15. The minimum absolute atomic E-state index is 0.0249. The first-order chi connectivity index (χ1) is 5.11. The van der Waals surface area contributed by atoms with Crippen molar-refractivity contribution in [1.82, 2.24) is 4.98 Å². The van der Waals surface area contributed by atoms with E-state index in [0.29, 0.717) is 0 Å². The Labute approximate surface area is 69.3 Å². The lowest BCUT2D eigenvalue weighted by atomic mass is 10.4. The van der Waals surface area contributed by atoms with Gasteiger partial charge in [0.15, 0.2) is 5.82 Å². The van der Waals surface area contributed by atoms with E-state index in [1.54, 1.807) is 0 Å². The summed E-state index contributed by atoms with van der Waals surface area (Å²) in [4.78, 5) is 12.7. The van der Waals surface area contributed by atoms with Crippen molar-refractivity contribution in [1.29, 1.82) is 0 Å². The number of aromatic nitrogens is 1. The number of rotatable bonds is 1. The minimum Gasteiger partial charge on any atom is -0.258 e. The predicted molar refractivity (Wildman–Crippen MR) is 38.5 cm³/mol. The van der Waals surface area contributed by atoms with Crippen LogP contribution < -0.4 is 0 Å². The first-order valence-corrected chi connectivity index (χ1v) is 3.36. The molecular formula is C5H2BrFN2O2. The molecule has 0 bridgehead atoms. The number of halogens is 2. The minimum atomic E-state index is -0.737. The topological polar surface area (TPSA) is 56.0 Å². The molecule has 0 spiro atoms. The first-order valence-electron chi connectivity index (χ1n) is 2.56. The quantitative estimate of drug-likeness (QED) is 0.413. The Morgan fingerprint density at radius 2 is 2.36 bits per heavy atom. The van der Waals surface area contributed by atoms with Crippen LogP contribution in [0.5, 0.6) is 0 Å². The molecule has 0 aliphatic rings. The highest BCUT2D eigenvalue weighted by Crippen LogP contribution is 2.17. The van der Waals surface area contributed by atoms with Crippen LogP contribution in [-0.2, 0) is 0 Å². The number of hydrogen-bond donors (Lipinski definition) is 0. The fraction of sp³-hybridized carbons (Fsp3) is 0. The van der Waals surface area contributed by atoms with E-state index in [-0.39, 0.29) is 10.3 Å². The summed E-state index contributed by atoms with van der Waals surface area (Å²) in [5, 5.41) is 10.0. The number of nitrogens with zero attached hydrogens (tertiary/aromatic N) is 2. The molecule has 1 rings (SSSR count). The monoisotopic (exact) mass is 220 g/mol. The van der Waals surface area contributed by atoms with Crippen molar-refractivity contribution in [3.8, 4) is 0 Å². The van der Waals surface area contributed by atoms with E-state index in [2.05, 4.69) is 20.9 Å². The molecule has 0 amide bonds. The molecule has 0 saturated carbocycles. The van der Waals surface area contributed by atoms with Crippen LogP contribution in [0.4, 0.5) is 10.1 Å². The van der Waals surface area contributed by atoms with Crippen LogP contribution in [0.15, 0.2) is 16.9 Å². The highest BCUT2D eigenvalue weighted by Gasteiger charge is 2.09. The zero-order valence-electron chi connectivity index (χ0n) is 5.12. The van der Waals surface area contributed by atoms with E-state index in [9.17, 15) is 14.5 Å². The third-order valence-corrected chi connectivity index (χ3v) is 1.58. The molecule has 58 valence electrons. The summed E-state index contributed by atoms with van der Waals surface area (Å²) in [6.07, 6.45) is 0.979. The Morgan fingerprint density at radius 3 is 2.82 bits per heavy atom. The largest absolute Gasteiger partial charge is 0.290 e. The molecule has 0 radical (unpaired) electrons. The normalized spacial score (nSPS) is 9.64. The van der Waals surface area contributed by atoms with Crippen molar-refractivity contribution >= 4 is 21.6 Å². The molecule has 1 heterocycles. The van der Waals surface area contributed by atoms with E-state index < -0.39 is 10.7 Å². The van der Waals surface area contributed by atoms with E-state index in [4.69, 9.17) is 0 Å². The lowest BCUT2D eigenvalue weighted by Gasteiger charge is -1.91. The number of nitro groups is 1. The molecule has 11 heavy (non-hydrogen) atoms. The molecule has 0 aliphatic heterocycles. The van der Waals surface area contributed by atoms with Gasteiger partial charge < -0.3 is 0 Å². The molecule has 0 fully saturated rings. The fourth-order valence-electron chi connectivity index (χ4n) is 0.511. The zero-order chi connectivity index (χ0) is 8.43. The van der Waals surface area contributed by atoms with Crippen LogP contribution in [0.1, 0.15) is 0 Å². The van der Waals surface area contributed by atoms with Crippen LogP contribution in [0, 0.1) is 15.9 Å². The van der Waals surface area contributed by atoms with Gasteiger partial charge in [0.05, 0.1) is 11.0 Å². The SMILES string of the molecule is O=[N+]([O-])c1cnc(Br)c(F)c1. The molecule has 1 aromatic heterocycles. The van der Waals surface area contributed by atoms with Gasteiger partial charge in [0.2, 0.25) is 0 Å². The van der Waals surface area contributed by atoms with Gasteiger partial charge in [-0.1, -0.05) is 0 Å². The van der Waals surface area contributed by atoms with Crippen LogP contribution in [0.2, 0.25) is 0 Å². The third kappa shape index (κ3) is 1.70. The Morgan fingerprint density at radius 1 is 1.73 bits per heavy atom. The molecular weight excluding hydrogens is 219 g/mol. The molecule has 6 heteroatoms. The van der Waals surface area contributed by atoms with Crippen molar-refractivity contribution in [2.45, 2.75) is 0 Å². The lowest BCUT2D eigenvalue weighted by molar-refractivity contribution is -0.385. The van der Waals surface area contributed by atoms with Gasteiger partial charge in [0, 0.05) is 0 Å². The van der Waals surface area contributed by atoms with Crippen molar-refractivity contribution in [3.05, 3.63) is 32.8 Å². The average Bonchev–Trinajstić information content (AvgIpc) is 1.94. The summed E-state index contributed by atoms with van der Waals surface area (Å²) in [5.41, 5.74) is -0.356. The van der Waals surface area contributed by atoms with Gasteiger partial charge in [-0.3, -0.25) is 10.1 Å². The lowest BCUT2D eigenvalue weighted by Crippen LogP contribution is -1.91.